The fourth-order valence-corrected chi connectivity index (χ4v) is 2.63. The van der Waals surface area contributed by atoms with Crippen molar-refractivity contribution >= 4 is 11.4 Å². The fraction of sp³-hybridized carbons (Fsp3) is 0.571. The number of benzene rings is 1. The lowest BCUT2D eigenvalue weighted by Crippen LogP contribution is -2.32. The van der Waals surface area contributed by atoms with Gasteiger partial charge in [0.15, 0.2) is 0 Å². The number of nitrogen functional groups attached to an aromatic ring is 1. The molecule has 2 heteroatoms. The molecule has 0 bridgehead atoms. The molecule has 1 heterocycles. The first-order valence-electron chi connectivity index (χ1n) is 6.31. The Morgan fingerprint density at radius 1 is 1.25 bits per heavy atom. The first-order valence-corrected chi connectivity index (χ1v) is 6.31. The quantitative estimate of drug-likeness (QED) is 0.732. The SMILES string of the molecule is Cc1cc(N)ccc1N1CCCCCC1C. The number of hydrogen-bond donors (Lipinski definition) is 1. The lowest BCUT2D eigenvalue weighted by atomic mass is 10.1. The normalized spacial score (nSPS) is 21.9. The molecule has 1 aliphatic heterocycles. The van der Waals surface area contributed by atoms with Crippen LogP contribution >= 0.6 is 0 Å². The maximum Gasteiger partial charge on any atom is 0.0399 e. The molecule has 2 rings (SSSR count). The Balaban J connectivity index is 2.27. The highest BCUT2D eigenvalue weighted by Crippen LogP contribution is 2.28. The molecule has 0 aromatic heterocycles. The molecule has 0 spiro atoms. The summed E-state index contributed by atoms with van der Waals surface area (Å²) in [5.74, 6) is 0. The number of hydrogen-bond acceptors (Lipinski definition) is 2. The Morgan fingerprint density at radius 3 is 2.81 bits per heavy atom. The van der Waals surface area contributed by atoms with Crippen molar-refractivity contribution in [1.82, 2.24) is 0 Å². The van der Waals surface area contributed by atoms with Gasteiger partial charge in [0.2, 0.25) is 0 Å². The molecule has 1 unspecified atom stereocenters. The topological polar surface area (TPSA) is 29.3 Å². The summed E-state index contributed by atoms with van der Waals surface area (Å²) >= 11 is 0. The van der Waals surface area contributed by atoms with Crippen LogP contribution in [0.1, 0.15) is 38.2 Å². The second kappa shape index (κ2) is 4.77. The molecule has 0 radical (unpaired) electrons. The van der Waals surface area contributed by atoms with Crippen LogP contribution in [0, 0.1) is 6.92 Å². The number of anilines is 2. The predicted octanol–water partition coefficient (Wildman–Crippen LogP) is 3.35. The van der Waals surface area contributed by atoms with E-state index in [0.29, 0.717) is 6.04 Å². The summed E-state index contributed by atoms with van der Waals surface area (Å²) in [6, 6.07) is 6.92. The lowest BCUT2D eigenvalue weighted by Gasteiger charge is -2.31. The van der Waals surface area contributed by atoms with Crippen LogP contribution in [0.25, 0.3) is 0 Å². The Labute approximate surface area is 98.4 Å². The molecule has 16 heavy (non-hydrogen) atoms. The van der Waals surface area contributed by atoms with E-state index in [-0.39, 0.29) is 0 Å². The molecule has 88 valence electrons. The van der Waals surface area contributed by atoms with Crippen LogP contribution in [0.5, 0.6) is 0 Å². The predicted molar refractivity (Wildman–Crippen MR) is 70.9 cm³/mol. The van der Waals surface area contributed by atoms with Crippen molar-refractivity contribution < 1.29 is 0 Å². The standard InChI is InChI=1S/C14H22N2/c1-11-10-13(15)7-8-14(11)16-9-5-3-4-6-12(16)2/h7-8,10,12H,3-6,9,15H2,1-2H3. The van der Waals surface area contributed by atoms with Crippen molar-refractivity contribution in [3.05, 3.63) is 23.8 Å². The molecule has 0 saturated carbocycles. The molecule has 1 fully saturated rings. The maximum atomic E-state index is 5.80. The van der Waals surface area contributed by atoms with Crippen LogP contribution in [0.15, 0.2) is 18.2 Å². The monoisotopic (exact) mass is 218 g/mol. The van der Waals surface area contributed by atoms with Gasteiger partial charge in [-0.3, -0.25) is 0 Å². The minimum absolute atomic E-state index is 0.657. The molecule has 1 atom stereocenters. The van der Waals surface area contributed by atoms with Crippen molar-refractivity contribution in [3.8, 4) is 0 Å². The Bertz CT molecular complexity index is 360. The number of nitrogens with zero attached hydrogens (tertiary/aromatic N) is 1. The van der Waals surface area contributed by atoms with Gasteiger partial charge in [0.1, 0.15) is 0 Å². The molecule has 0 aliphatic carbocycles. The summed E-state index contributed by atoms with van der Waals surface area (Å²) in [6.07, 6.45) is 5.36. The highest BCUT2D eigenvalue weighted by atomic mass is 15.2. The van der Waals surface area contributed by atoms with E-state index in [4.69, 9.17) is 5.73 Å². The smallest absolute Gasteiger partial charge is 0.0399 e. The largest absolute Gasteiger partial charge is 0.399 e. The fourth-order valence-electron chi connectivity index (χ4n) is 2.63. The Kier molecular flexibility index (Phi) is 3.37. The van der Waals surface area contributed by atoms with E-state index < -0.39 is 0 Å². The lowest BCUT2D eigenvalue weighted by molar-refractivity contribution is 0.615. The molecule has 1 aromatic rings. The Hall–Kier alpha value is -1.18. The van der Waals surface area contributed by atoms with Gasteiger partial charge in [-0.25, -0.2) is 0 Å². The zero-order valence-corrected chi connectivity index (χ0v) is 10.4. The van der Waals surface area contributed by atoms with Gasteiger partial charge < -0.3 is 10.6 Å². The molecular weight excluding hydrogens is 196 g/mol. The summed E-state index contributed by atoms with van der Waals surface area (Å²) in [5, 5.41) is 0. The maximum absolute atomic E-state index is 5.80. The second-order valence-electron chi connectivity index (χ2n) is 4.94. The number of nitrogens with two attached hydrogens (primary N) is 1. The summed E-state index contributed by atoms with van der Waals surface area (Å²) in [5.41, 5.74) is 9.33. The average molecular weight is 218 g/mol. The van der Waals surface area contributed by atoms with Gasteiger partial charge in [-0.2, -0.15) is 0 Å². The molecular formula is C14H22N2. The second-order valence-corrected chi connectivity index (χ2v) is 4.94. The van der Waals surface area contributed by atoms with Gasteiger partial charge in [0, 0.05) is 24.0 Å². The molecule has 2 nitrogen and oxygen atoms in total. The average Bonchev–Trinajstić information content (AvgIpc) is 2.44. The Morgan fingerprint density at radius 2 is 2.06 bits per heavy atom. The van der Waals surface area contributed by atoms with Crippen LogP contribution in [0.3, 0.4) is 0 Å². The number of rotatable bonds is 1. The van der Waals surface area contributed by atoms with Gasteiger partial charge in [0.25, 0.3) is 0 Å². The summed E-state index contributed by atoms with van der Waals surface area (Å²) in [4.78, 5) is 2.54. The minimum atomic E-state index is 0.657. The van der Waals surface area contributed by atoms with Crippen molar-refractivity contribution in [1.29, 1.82) is 0 Å². The molecule has 1 aromatic carbocycles. The van der Waals surface area contributed by atoms with E-state index in [1.54, 1.807) is 0 Å². The van der Waals surface area contributed by atoms with Crippen molar-refractivity contribution in [2.24, 2.45) is 0 Å². The van der Waals surface area contributed by atoms with E-state index >= 15 is 0 Å². The summed E-state index contributed by atoms with van der Waals surface area (Å²) in [6.45, 7) is 5.68. The van der Waals surface area contributed by atoms with Crippen LogP contribution in [-0.2, 0) is 0 Å². The zero-order valence-electron chi connectivity index (χ0n) is 10.4. The van der Waals surface area contributed by atoms with E-state index in [2.05, 4.69) is 30.9 Å². The van der Waals surface area contributed by atoms with Gasteiger partial charge >= 0.3 is 0 Å². The van der Waals surface area contributed by atoms with Crippen LogP contribution in [-0.4, -0.2) is 12.6 Å². The summed E-state index contributed by atoms with van der Waals surface area (Å²) in [7, 11) is 0. The van der Waals surface area contributed by atoms with Gasteiger partial charge in [0.05, 0.1) is 0 Å². The van der Waals surface area contributed by atoms with E-state index in [9.17, 15) is 0 Å². The minimum Gasteiger partial charge on any atom is -0.399 e. The van der Waals surface area contributed by atoms with Crippen LogP contribution < -0.4 is 10.6 Å². The van der Waals surface area contributed by atoms with Crippen molar-refractivity contribution in [2.75, 3.05) is 17.2 Å². The van der Waals surface area contributed by atoms with E-state index in [1.165, 1.54) is 43.5 Å². The summed E-state index contributed by atoms with van der Waals surface area (Å²) < 4.78 is 0. The van der Waals surface area contributed by atoms with Gasteiger partial charge in [-0.1, -0.05) is 12.8 Å². The third-order valence-electron chi connectivity index (χ3n) is 3.58. The van der Waals surface area contributed by atoms with Crippen molar-refractivity contribution in [3.63, 3.8) is 0 Å². The van der Waals surface area contributed by atoms with Gasteiger partial charge in [-0.15, -0.1) is 0 Å². The first kappa shape index (κ1) is 11.3. The third-order valence-corrected chi connectivity index (χ3v) is 3.58. The van der Waals surface area contributed by atoms with Crippen molar-refractivity contribution in [2.45, 2.75) is 45.6 Å². The molecule has 2 N–H and O–H groups in total. The third kappa shape index (κ3) is 2.31. The number of aryl methyl sites for hydroxylation is 1. The highest BCUT2D eigenvalue weighted by molar-refractivity contribution is 5.59. The van der Waals surface area contributed by atoms with E-state index in [0.717, 1.165) is 5.69 Å². The molecule has 1 aliphatic rings. The van der Waals surface area contributed by atoms with E-state index in [1.807, 2.05) is 6.07 Å². The first-order chi connectivity index (χ1) is 7.68. The van der Waals surface area contributed by atoms with Crippen LogP contribution in [0.4, 0.5) is 11.4 Å². The highest BCUT2D eigenvalue weighted by Gasteiger charge is 2.18. The van der Waals surface area contributed by atoms with Gasteiger partial charge in [-0.05, 0) is 50.5 Å². The zero-order chi connectivity index (χ0) is 11.5. The molecule has 0 amide bonds. The van der Waals surface area contributed by atoms with Crippen LogP contribution in [0.2, 0.25) is 0 Å². The molecule has 1 saturated heterocycles.